The average Bonchev–Trinajstić information content (AvgIpc) is 2.75. The number of rotatable bonds is 6. The quantitative estimate of drug-likeness (QED) is 0.781. The number of ether oxygens (including phenoxy) is 1. The molecule has 1 heterocycles. The Balaban J connectivity index is 1.75. The highest BCUT2D eigenvalue weighted by Gasteiger charge is 2.33. The fourth-order valence-electron chi connectivity index (χ4n) is 3.70. The zero-order chi connectivity index (χ0) is 21.0. The second kappa shape index (κ2) is 8.97. The van der Waals surface area contributed by atoms with Crippen molar-refractivity contribution in [2.45, 2.75) is 38.0 Å². The van der Waals surface area contributed by atoms with Crippen molar-refractivity contribution in [3.8, 4) is 5.75 Å². The second-order valence-corrected chi connectivity index (χ2v) is 9.27. The third-order valence-electron chi connectivity index (χ3n) is 5.44. The van der Waals surface area contributed by atoms with Crippen molar-refractivity contribution in [3.63, 3.8) is 0 Å². The molecule has 0 aliphatic carbocycles. The Morgan fingerprint density at radius 1 is 1.21 bits per heavy atom. The third kappa shape index (κ3) is 4.62. The minimum atomic E-state index is -3.65. The molecule has 0 saturated carbocycles. The Bertz CT molecular complexity index is 971. The maximum Gasteiger partial charge on any atom is 0.243 e. The van der Waals surface area contributed by atoms with E-state index < -0.39 is 10.0 Å². The molecule has 1 fully saturated rings. The van der Waals surface area contributed by atoms with Crippen LogP contribution < -0.4 is 10.1 Å². The van der Waals surface area contributed by atoms with Gasteiger partial charge in [-0.2, -0.15) is 4.31 Å². The molecule has 2 aromatic rings. The van der Waals surface area contributed by atoms with E-state index in [9.17, 15) is 13.2 Å². The lowest BCUT2D eigenvalue weighted by Crippen LogP contribution is -2.43. The number of aryl methyl sites for hydroxylation is 2. The monoisotopic (exact) mass is 416 g/mol. The summed E-state index contributed by atoms with van der Waals surface area (Å²) in [6.45, 7) is 4.63. The molecule has 1 atom stereocenters. The van der Waals surface area contributed by atoms with Gasteiger partial charge in [-0.3, -0.25) is 4.79 Å². The van der Waals surface area contributed by atoms with Crippen LogP contribution in [0.5, 0.6) is 5.75 Å². The summed E-state index contributed by atoms with van der Waals surface area (Å²) in [6, 6.07) is 12.3. The number of hydrogen-bond donors (Lipinski definition) is 1. The smallest absolute Gasteiger partial charge is 0.243 e. The number of carbonyl (C=O) groups excluding carboxylic acids is 1. The number of para-hydroxylation sites is 1. The maximum absolute atomic E-state index is 13.0. The summed E-state index contributed by atoms with van der Waals surface area (Å²) in [6.07, 6.45) is 2.15. The molecular formula is C22H28N2O4S. The van der Waals surface area contributed by atoms with Crippen LogP contribution in [0, 0.1) is 12.8 Å². The number of carbonyl (C=O) groups is 1. The zero-order valence-electron chi connectivity index (χ0n) is 17.1. The fourth-order valence-corrected chi connectivity index (χ4v) is 5.22. The molecule has 1 amide bonds. The molecule has 156 valence electrons. The molecule has 2 aromatic carbocycles. The molecule has 1 unspecified atom stereocenters. The van der Waals surface area contributed by atoms with Gasteiger partial charge < -0.3 is 10.1 Å². The zero-order valence-corrected chi connectivity index (χ0v) is 18.0. The molecule has 7 heteroatoms. The molecule has 0 aromatic heterocycles. The summed E-state index contributed by atoms with van der Waals surface area (Å²) < 4.78 is 32.6. The molecule has 3 rings (SSSR count). The van der Waals surface area contributed by atoms with Crippen LogP contribution in [0.4, 0.5) is 5.69 Å². The topological polar surface area (TPSA) is 75.7 Å². The predicted molar refractivity (Wildman–Crippen MR) is 114 cm³/mol. The van der Waals surface area contributed by atoms with Crippen LogP contribution in [0.15, 0.2) is 47.4 Å². The lowest BCUT2D eigenvalue weighted by atomic mass is 9.98. The molecule has 1 N–H and O–H groups in total. The van der Waals surface area contributed by atoms with Gasteiger partial charge in [0.2, 0.25) is 15.9 Å². The SMILES string of the molecule is CCc1cccc(C)c1NC(=O)C1CCCN(S(=O)(=O)c2ccc(OC)cc2)C1. The first-order chi connectivity index (χ1) is 13.9. The van der Waals surface area contributed by atoms with Gasteiger partial charge in [0.25, 0.3) is 0 Å². The summed E-state index contributed by atoms with van der Waals surface area (Å²) in [5.74, 6) is 0.106. The van der Waals surface area contributed by atoms with E-state index in [4.69, 9.17) is 4.74 Å². The van der Waals surface area contributed by atoms with Crippen molar-refractivity contribution in [2.75, 3.05) is 25.5 Å². The van der Waals surface area contributed by atoms with Gasteiger partial charge in [-0.15, -0.1) is 0 Å². The fraction of sp³-hybridized carbons (Fsp3) is 0.409. The molecule has 1 saturated heterocycles. The summed E-state index contributed by atoms with van der Waals surface area (Å²) in [5, 5.41) is 3.05. The predicted octanol–water partition coefficient (Wildman–Crippen LogP) is 3.61. The van der Waals surface area contributed by atoms with Gasteiger partial charge in [-0.1, -0.05) is 25.1 Å². The summed E-state index contributed by atoms with van der Waals surface area (Å²) in [7, 11) is -2.11. The van der Waals surface area contributed by atoms with E-state index in [1.165, 1.54) is 11.4 Å². The number of amides is 1. The Hall–Kier alpha value is -2.38. The van der Waals surface area contributed by atoms with Gasteiger partial charge in [0.05, 0.1) is 17.9 Å². The first-order valence-electron chi connectivity index (χ1n) is 9.90. The summed E-state index contributed by atoms with van der Waals surface area (Å²) in [5.41, 5.74) is 2.93. The van der Waals surface area contributed by atoms with Crippen LogP contribution in [0.3, 0.4) is 0 Å². The van der Waals surface area contributed by atoms with E-state index in [0.717, 1.165) is 23.2 Å². The van der Waals surface area contributed by atoms with Gasteiger partial charge in [0.1, 0.15) is 5.75 Å². The molecule has 6 nitrogen and oxygen atoms in total. The van der Waals surface area contributed by atoms with E-state index in [0.29, 0.717) is 25.1 Å². The van der Waals surface area contributed by atoms with Gasteiger partial charge >= 0.3 is 0 Å². The molecule has 1 aliphatic heterocycles. The van der Waals surface area contributed by atoms with Crippen LogP contribution in [0.25, 0.3) is 0 Å². The number of sulfonamides is 1. The number of hydrogen-bond acceptors (Lipinski definition) is 4. The molecule has 0 spiro atoms. The Morgan fingerprint density at radius 2 is 1.93 bits per heavy atom. The van der Waals surface area contributed by atoms with Crippen LogP contribution >= 0.6 is 0 Å². The van der Waals surface area contributed by atoms with Crippen LogP contribution in [0.2, 0.25) is 0 Å². The van der Waals surface area contributed by atoms with Crippen LogP contribution in [-0.4, -0.2) is 38.8 Å². The molecular weight excluding hydrogens is 388 g/mol. The maximum atomic E-state index is 13.0. The van der Waals surface area contributed by atoms with E-state index in [2.05, 4.69) is 5.32 Å². The third-order valence-corrected chi connectivity index (χ3v) is 7.32. The van der Waals surface area contributed by atoms with Gasteiger partial charge in [-0.25, -0.2) is 8.42 Å². The van der Waals surface area contributed by atoms with Crippen molar-refractivity contribution < 1.29 is 17.9 Å². The largest absolute Gasteiger partial charge is 0.497 e. The van der Waals surface area contributed by atoms with Crippen molar-refractivity contribution in [1.29, 1.82) is 0 Å². The second-order valence-electron chi connectivity index (χ2n) is 7.33. The van der Waals surface area contributed by atoms with E-state index in [1.54, 1.807) is 24.3 Å². The number of nitrogens with zero attached hydrogens (tertiary/aromatic N) is 1. The lowest BCUT2D eigenvalue weighted by molar-refractivity contribution is -0.120. The van der Waals surface area contributed by atoms with Gasteiger partial charge in [-0.05, 0) is 61.6 Å². The highest BCUT2D eigenvalue weighted by Crippen LogP contribution is 2.27. The number of methoxy groups -OCH3 is 1. The van der Waals surface area contributed by atoms with Gasteiger partial charge in [0.15, 0.2) is 0 Å². The highest BCUT2D eigenvalue weighted by molar-refractivity contribution is 7.89. The molecule has 0 radical (unpaired) electrons. The number of nitrogens with one attached hydrogen (secondary N) is 1. The molecule has 29 heavy (non-hydrogen) atoms. The normalized spacial score (nSPS) is 17.7. The summed E-state index contributed by atoms with van der Waals surface area (Å²) in [4.78, 5) is 13.1. The van der Waals surface area contributed by atoms with Crippen LogP contribution in [0.1, 0.15) is 30.9 Å². The van der Waals surface area contributed by atoms with E-state index in [1.807, 2.05) is 32.0 Å². The standard InChI is InChI=1S/C22H28N2O4S/c1-4-17-8-5-7-16(2)21(17)23-22(25)18-9-6-14-24(15-18)29(26,27)20-12-10-19(28-3)11-13-20/h5,7-8,10-13,18H,4,6,9,14-15H2,1-3H3,(H,23,25). The Kier molecular flexibility index (Phi) is 6.59. The Labute approximate surface area is 172 Å². The summed E-state index contributed by atoms with van der Waals surface area (Å²) >= 11 is 0. The Morgan fingerprint density at radius 3 is 2.59 bits per heavy atom. The van der Waals surface area contributed by atoms with Crippen LogP contribution in [-0.2, 0) is 21.2 Å². The minimum absolute atomic E-state index is 0.122. The van der Waals surface area contributed by atoms with Crippen molar-refractivity contribution in [3.05, 3.63) is 53.6 Å². The average molecular weight is 417 g/mol. The van der Waals surface area contributed by atoms with Crippen molar-refractivity contribution in [1.82, 2.24) is 4.31 Å². The number of anilines is 1. The number of benzene rings is 2. The lowest BCUT2D eigenvalue weighted by Gasteiger charge is -2.31. The highest BCUT2D eigenvalue weighted by atomic mass is 32.2. The first-order valence-corrected chi connectivity index (χ1v) is 11.3. The number of piperidine rings is 1. The molecule has 0 bridgehead atoms. The van der Waals surface area contributed by atoms with Gasteiger partial charge in [0, 0.05) is 18.8 Å². The van der Waals surface area contributed by atoms with E-state index in [-0.39, 0.29) is 23.3 Å². The first kappa shape index (κ1) is 21.3. The van der Waals surface area contributed by atoms with Crippen molar-refractivity contribution >= 4 is 21.6 Å². The van der Waals surface area contributed by atoms with E-state index >= 15 is 0 Å². The minimum Gasteiger partial charge on any atom is -0.497 e. The van der Waals surface area contributed by atoms with Crippen molar-refractivity contribution in [2.24, 2.45) is 5.92 Å². The molecule has 1 aliphatic rings.